The van der Waals surface area contributed by atoms with Gasteiger partial charge in [0, 0.05) is 31.4 Å². The van der Waals surface area contributed by atoms with E-state index in [4.69, 9.17) is 5.11 Å². The highest BCUT2D eigenvalue weighted by atomic mass is 32.1. The molecule has 0 saturated carbocycles. The van der Waals surface area contributed by atoms with Gasteiger partial charge in [0.25, 0.3) is 0 Å². The maximum atomic E-state index is 8.70. The van der Waals surface area contributed by atoms with Crippen LogP contribution in [0.3, 0.4) is 0 Å². The lowest BCUT2D eigenvalue weighted by Gasteiger charge is -2.06. The predicted octanol–water partition coefficient (Wildman–Crippen LogP) is 0.782. The summed E-state index contributed by atoms with van der Waals surface area (Å²) in [5.41, 5.74) is 1.02. The van der Waals surface area contributed by atoms with E-state index in [9.17, 15) is 0 Å². The summed E-state index contributed by atoms with van der Waals surface area (Å²) in [6, 6.07) is 0. The van der Waals surface area contributed by atoms with Crippen molar-refractivity contribution in [2.45, 2.75) is 12.8 Å². The van der Waals surface area contributed by atoms with Crippen LogP contribution < -0.4 is 0 Å². The summed E-state index contributed by atoms with van der Waals surface area (Å²) in [6.07, 6.45) is 1.68. The second-order valence-electron chi connectivity index (χ2n) is 3.26. The SMILES string of the molecule is CN(C)CCc1nc(CCO)cs1. The lowest BCUT2D eigenvalue weighted by molar-refractivity contribution is 0.298. The molecule has 0 fully saturated rings. The lowest BCUT2D eigenvalue weighted by Crippen LogP contribution is -2.14. The molecular formula is C9H16N2OS. The maximum absolute atomic E-state index is 8.70. The van der Waals surface area contributed by atoms with Crippen molar-refractivity contribution in [1.29, 1.82) is 0 Å². The molecule has 1 aromatic rings. The molecule has 74 valence electrons. The lowest BCUT2D eigenvalue weighted by atomic mass is 10.3. The van der Waals surface area contributed by atoms with Crippen LogP contribution in [0.15, 0.2) is 5.38 Å². The standard InChI is InChI=1S/C9H16N2OS/c1-11(2)5-3-9-10-8(4-6-12)7-13-9/h7,12H,3-6H2,1-2H3. The number of thiazole rings is 1. The van der Waals surface area contributed by atoms with Gasteiger partial charge in [0.1, 0.15) is 0 Å². The molecule has 0 spiro atoms. The molecule has 1 rings (SSSR count). The quantitative estimate of drug-likeness (QED) is 0.763. The number of rotatable bonds is 5. The Hall–Kier alpha value is -0.450. The first-order valence-corrected chi connectivity index (χ1v) is 5.29. The van der Waals surface area contributed by atoms with Crippen molar-refractivity contribution in [3.63, 3.8) is 0 Å². The van der Waals surface area contributed by atoms with Gasteiger partial charge in [-0.2, -0.15) is 0 Å². The Morgan fingerprint density at radius 2 is 2.23 bits per heavy atom. The fourth-order valence-electron chi connectivity index (χ4n) is 1.01. The van der Waals surface area contributed by atoms with Crippen LogP contribution >= 0.6 is 11.3 Å². The summed E-state index contributed by atoms with van der Waals surface area (Å²) in [4.78, 5) is 6.55. The molecule has 1 heterocycles. The Labute approximate surface area is 83.0 Å². The molecule has 1 N–H and O–H groups in total. The van der Waals surface area contributed by atoms with Crippen molar-refractivity contribution in [3.05, 3.63) is 16.1 Å². The summed E-state index contributed by atoms with van der Waals surface area (Å²) in [5, 5.41) is 11.9. The maximum Gasteiger partial charge on any atom is 0.0941 e. The van der Waals surface area contributed by atoms with Crippen LogP contribution in [0.25, 0.3) is 0 Å². The molecule has 0 bridgehead atoms. The number of hydrogen-bond donors (Lipinski definition) is 1. The molecule has 13 heavy (non-hydrogen) atoms. The second kappa shape index (κ2) is 5.32. The van der Waals surface area contributed by atoms with E-state index in [0.717, 1.165) is 23.7 Å². The molecular weight excluding hydrogens is 184 g/mol. The van der Waals surface area contributed by atoms with E-state index in [1.54, 1.807) is 11.3 Å². The third kappa shape index (κ3) is 3.85. The van der Waals surface area contributed by atoms with Gasteiger partial charge in [-0.3, -0.25) is 0 Å². The Morgan fingerprint density at radius 3 is 2.85 bits per heavy atom. The largest absolute Gasteiger partial charge is 0.396 e. The first-order valence-electron chi connectivity index (χ1n) is 4.41. The highest BCUT2D eigenvalue weighted by Gasteiger charge is 2.01. The molecule has 0 saturated heterocycles. The molecule has 0 radical (unpaired) electrons. The minimum absolute atomic E-state index is 0.191. The zero-order valence-corrected chi connectivity index (χ0v) is 8.97. The van der Waals surface area contributed by atoms with Crippen LogP contribution in [0.5, 0.6) is 0 Å². The van der Waals surface area contributed by atoms with Gasteiger partial charge in [-0.15, -0.1) is 11.3 Å². The Morgan fingerprint density at radius 1 is 1.46 bits per heavy atom. The number of aromatic nitrogens is 1. The highest BCUT2D eigenvalue weighted by molar-refractivity contribution is 7.09. The van der Waals surface area contributed by atoms with Crippen LogP contribution in [0.4, 0.5) is 0 Å². The van der Waals surface area contributed by atoms with Crippen molar-refractivity contribution >= 4 is 11.3 Å². The van der Waals surface area contributed by atoms with Crippen LogP contribution in [-0.4, -0.2) is 42.2 Å². The zero-order valence-electron chi connectivity index (χ0n) is 8.16. The minimum atomic E-state index is 0.191. The van der Waals surface area contributed by atoms with E-state index in [2.05, 4.69) is 24.0 Å². The molecule has 0 aromatic carbocycles. The van der Waals surface area contributed by atoms with E-state index in [1.165, 1.54) is 0 Å². The summed E-state index contributed by atoms with van der Waals surface area (Å²) in [7, 11) is 4.12. The second-order valence-corrected chi connectivity index (χ2v) is 4.20. The number of nitrogens with zero attached hydrogens (tertiary/aromatic N) is 2. The van der Waals surface area contributed by atoms with Gasteiger partial charge in [0.05, 0.1) is 10.7 Å². The highest BCUT2D eigenvalue weighted by Crippen LogP contribution is 2.10. The molecule has 0 aliphatic carbocycles. The van der Waals surface area contributed by atoms with Gasteiger partial charge in [-0.25, -0.2) is 4.98 Å². The van der Waals surface area contributed by atoms with Gasteiger partial charge in [0.2, 0.25) is 0 Å². The third-order valence-electron chi connectivity index (χ3n) is 1.74. The predicted molar refractivity (Wildman–Crippen MR) is 55.2 cm³/mol. The van der Waals surface area contributed by atoms with Crippen molar-refractivity contribution in [2.75, 3.05) is 27.2 Å². The van der Waals surface area contributed by atoms with Crippen LogP contribution in [0.2, 0.25) is 0 Å². The van der Waals surface area contributed by atoms with Gasteiger partial charge in [-0.1, -0.05) is 0 Å². The first-order chi connectivity index (χ1) is 6.22. The Kier molecular flexibility index (Phi) is 4.35. The summed E-state index contributed by atoms with van der Waals surface area (Å²) in [5.74, 6) is 0. The zero-order chi connectivity index (χ0) is 9.68. The van der Waals surface area contributed by atoms with E-state index in [0.29, 0.717) is 6.42 Å². The van der Waals surface area contributed by atoms with Crippen molar-refractivity contribution in [2.24, 2.45) is 0 Å². The van der Waals surface area contributed by atoms with Crippen molar-refractivity contribution in [3.8, 4) is 0 Å². The van der Waals surface area contributed by atoms with Crippen molar-refractivity contribution < 1.29 is 5.11 Å². The molecule has 0 aliphatic rings. The van der Waals surface area contributed by atoms with Crippen molar-refractivity contribution in [1.82, 2.24) is 9.88 Å². The number of hydrogen-bond acceptors (Lipinski definition) is 4. The number of aliphatic hydroxyl groups is 1. The van der Waals surface area contributed by atoms with Crippen LogP contribution in [0, 0.1) is 0 Å². The third-order valence-corrected chi connectivity index (χ3v) is 2.70. The molecule has 1 aromatic heterocycles. The van der Waals surface area contributed by atoms with Crippen LogP contribution in [0.1, 0.15) is 10.7 Å². The Balaban J connectivity index is 2.39. The summed E-state index contributed by atoms with van der Waals surface area (Å²) >= 11 is 1.68. The molecule has 0 amide bonds. The van der Waals surface area contributed by atoms with Gasteiger partial charge in [-0.05, 0) is 14.1 Å². The van der Waals surface area contributed by atoms with Gasteiger partial charge >= 0.3 is 0 Å². The van der Waals surface area contributed by atoms with Crippen LogP contribution in [-0.2, 0) is 12.8 Å². The van der Waals surface area contributed by atoms with E-state index in [-0.39, 0.29) is 6.61 Å². The van der Waals surface area contributed by atoms with Gasteiger partial charge in [0.15, 0.2) is 0 Å². The fraction of sp³-hybridized carbons (Fsp3) is 0.667. The fourth-order valence-corrected chi connectivity index (χ4v) is 1.83. The molecule has 0 aliphatic heterocycles. The smallest absolute Gasteiger partial charge is 0.0941 e. The molecule has 4 heteroatoms. The van der Waals surface area contributed by atoms with Gasteiger partial charge < -0.3 is 10.0 Å². The summed E-state index contributed by atoms with van der Waals surface area (Å²) < 4.78 is 0. The average Bonchev–Trinajstić information content (AvgIpc) is 2.50. The van der Waals surface area contributed by atoms with E-state index in [1.807, 2.05) is 5.38 Å². The molecule has 3 nitrogen and oxygen atoms in total. The number of aliphatic hydroxyl groups excluding tert-OH is 1. The first kappa shape index (κ1) is 10.6. The average molecular weight is 200 g/mol. The van der Waals surface area contributed by atoms with E-state index < -0.39 is 0 Å². The Bertz CT molecular complexity index is 248. The summed E-state index contributed by atoms with van der Waals surface area (Å²) in [6.45, 7) is 1.23. The molecule has 0 unspecified atom stereocenters. The number of likely N-dealkylation sites (N-methyl/N-ethyl adjacent to an activating group) is 1. The normalized spacial score (nSPS) is 11.1. The minimum Gasteiger partial charge on any atom is -0.396 e. The van der Waals surface area contributed by atoms with E-state index >= 15 is 0 Å². The molecule has 0 atom stereocenters. The monoisotopic (exact) mass is 200 g/mol. The topological polar surface area (TPSA) is 36.4 Å².